The van der Waals surface area contributed by atoms with Crippen molar-refractivity contribution >= 4 is 27.5 Å². The Balaban J connectivity index is 1.99. The van der Waals surface area contributed by atoms with Gasteiger partial charge in [0.2, 0.25) is 0 Å². The first-order valence-electron chi connectivity index (χ1n) is 9.40. The smallest absolute Gasteiger partial charge is 0.291 e. The Hall–Kier alpha value is -3.14. The number of hydrogen-bond acceptors (Lipinski definition) is 1. The largest absolute Gasteiger partial charge is 0.306 e. The van der Waals surface area contributed by atoms with Gasteiger partial charge in [-0.1, -0.05) is 24.3 Å². The number of imidazole rings is 2. The van der Waals surface area contributed by atoms with E-state index in [4.69, 9.17) is 4.98 Å². The molecule has 0 unspecified atom stereocenters. The fourth-order valence-electron chi connectivity index (χ4n) is 5.11. The van der Waals surface area contributed by atoms with E-state index in [2.05, 4.69) is 83.9 Å². The second kappa shape index (κ2) is 4.58. The molecule has 0 aliphatic carbocycles. The summed E-state index contributed by atoms with van der Waals surface area (Å²) >= 11 is 0. The summed E-state index contributed by atoms with van der Waals surface area (Å²) < 4.78 is 7.01. The van der Waals surface area contributed by atoms with Crippen LogP contribution in [-0.2, 0) is 12.6 Å². The molecule has 4 nitrogen and oxygen atoms in total. The summed E-state index contributed by atoms with van der Waals surface area (Å²) in [6.07, 6.45) is 6.15. The number of pyridine rings is 1. The Morgan fingerprint density at radius 1 is 1.07 bits per heavy atom. The van der Waals surface area contributed by atoms with Crippen LogP contribution in [-0.4, -0.2) is 14.0 Å². The van der Waals surface area contributed by atoms with E-state index < -0.39 is 0 Å². The molecule has 0 saturated heterocycles. The first-order valence-corrected chi connectivity index (χ1v) is 9.40. The van der Waals surface area contributed by atoms with Crippen molar-refractivity contribution in [2.75, 3.05) is 0 Å². The van der Waals surface area contributed by atoms with Gasteiger partial charge < -0.3 is 4.40 Å². The summed E-state index contributed by atoms with van der Waals surface area (Å²) in [5.41, 5.74) is 7.27. The van der Waals surface area contributed by atoms with Crippen molar-refractivity contribution in [2.45, 2.75) is 26.3 Å². The molecule has 5 aromatic rings. The predicted molar refractivity (Wildman–Crippen MR) is 108 cm³/mol. The van der Waals surface area contributed by atoms with Gasteiger partial charge in [0, 0.05) is 24.0 Å². The zero-order valence-electron chi connectivity index (χ0n) is 16.0. The second-order valence-corrected chi connectivity index (χ2v) is 8.15. The van der Waals surface area contributed by atoms with Gasteiger partial charge in [0.1, 0.15) is 11.2 Å². The van der Waals surface area contributed by atoms with Crippen molar-refractivity contribution in [3.05, 3.63) is 66.1 Å². The lowest BCUT2D eigenvalue weighted by Crippen LogP contribution is -2.38. The summed E-state index contributed by atoms with van der Waals surface area (Å²) in [6.45, 7) is 6.85. The van der Waals surface area contributed by atoms with Crippen LogP contribution in [0.15, 0.2) is 55.0 Å². The molecular weight excluding hydrogens is 332 g/mol. The Bertz CT molecular complexity index is 1420. The molecule has 0 bridgehead atoms. The fourth-order valence-corrected chi connectivity index (χ4v) is 5.11. The van der Waals surface area contributed by atoms with E-state index in [9.17, 15) is 0 Å². The number of benzene rings is 2. The van der Waals surface area contributed by atoms with Gasteiger partial charge in [0.15, 0.2) is 11.0 Å². The summed E-state index contributed by atoms with van der Waals surface area (Å²) in [7, 11) is 2.18. The number of aromatic nitrogens is 4. The lowest BCUT2D eigenvalue weighted by molar-refractivity contribution is -0.634. The van der Waals surface area contributed by atoms with Gasteiger partial charge in [-0.25, -0.2) is 14.1 Å². The van der Waals surface area contributed by atoms with E-state index in [0.717, 1.165) is 5.65 Å². The number of fused-ring (bicyclic) bond motifs is 6. The van der Waals surface area contributed by atoms with E-state index in [-0.39, 0.29) is 5.54 Å². The molecule has 27 heavy (non-hydrogen) atoms. The van der Waals surface area contributed by atoms with E-state index in [1.807, 2.05) is 12.4 Å². The van der Waals surface area contributed by atoms with Gasteiger partial charge in [-0.15, -0.1) is 0 Å². The van der Waals surface area contributed by atoms with E-state index in [0.29, 0.717) is 0 Å². The van der Waals surface area contributed by atoms with Gasteiger partial charge in [0.25, 0.3) is 5.82 Å². The Labute approximate surface area is 157 Å². The van der Waals surface area contributed by atoms with Crippen LogP contribution in [0.4, 0.5) is 0 Å². The molecule has 0 amide bonds. The van der Waals surface area contributed by atoms with Gasteiger partial charge in [0.05, 0.1) is 18.2 Å². The monoisotopic (exact) mass is 353 g/mol. The third-order valence-corrected chi connectivity index (χ3v) is 6.27. The van der Waals surface area contributed by atoms with Gasteiger partial charge in [-0.2, -0.15) is 0 Å². The predicted octanol–water partition coefficient (Wildman–Crippen LogP) is 4.34. The van der Waals surface area contributed by atoms with E-state index in [1.54, 1.807) is 0 Å². The van der Waals surface area contributed by atoms with Crippen molar-refractivity contribution < 1.29 is 4.57 Å². The SMILES string of the molecule is Cc1ccc2cn3ccnc3c3c2c1-c1n(c2ccccc2[n+]1C)C3(C)C. The molecule has 132 valence electrons. The molecule has 2 aromatic carbocycles. The van der Waals surface area contributed by atoms with E-state index >= 15 is 0 Å². The molecule has 1 aliphatic rings. The molecule has 3 aromatic heterocycles. The standard InChI is InChI=1S/C23H21N4/c1-14-9-10-15-13-26-12-11-24-21(26)20-19(15)18(14)22-25(4)16-7-5-6-8-17(16)27(22)23(20,2)3/h5-13H,1-4H3/q+1. The van der Waals surface area contributed by atoms with Crippen LogP contribution in [0.25, 0.3) is 38.8 Å². The van der Waals surface area contributed by atoms with Crippen LogP contribution in [0, 0.1) is 6.92 Å². The van der Waals surface area contributed by atoms with Gasteiger partial charge >= 0.3 is 0 Å². The summed E-state index contributed by atoms with van der Waals surface area (Å²) in [5.74, 6) is 1.27. The maximum Gasteiger partial charge on any atom is 0.291 e. The topological polar surface area (TPSA) is 26.1 Å². The molecule has 0 saturated carbocycles. The van der Waals surface area contributed by atoms with Gasteiger partial charge in [-0.05, 0) is 43.9 Å². The van der Waals surface area contributed by atoms with Crippen molar-refractivity contribution in [2.24, 2.45) is 7.05 Å². The number of hydrogen-bond donors (Lipinski definition) is 0. The molecule has 0 spiro atoms. The molecule has 0 N–H and O–H groups in total. The Morgan fingerprint density at radius 3 is 2.74 bits per heavy atom. The maximum atomic E-state index is 4.74. The first-order chi connectivity index (χ1) is 13.0. The number of rotatable bonds is 0. The van der Waals surface area contributed by atoms with Crippen LogP contribution in [0.3, 0.4) is 0 Å². The zero-order chi connectivity index (χ0) is 18.5. The molecule has 0 atom stereocenters. The van der Waals surface area contributed by atoms with Crippen LogP contribution in [0.1, 0.15) is 25.0 Å². The molecule has 4 heteroatoms. The lowest BCUT2D eigenvalue weighted by Gasteiger charge is -2.31. The normalized spacial score (nSPS) is 15.0. The van der Waals surface area contributed by atoms with Crippen LogP contribution < -0.4 is 4.57 Å². The van der Waals surface area contributed by atoms with Crippen molar-refractivity contribution in [1.29, 1.82) is 0 Å². The molecule has 0 fully saturated rings. The minimum Gasteiger partial charge on any atom is -0.306 e. The molecule has 4 heterocycles. The number of para-hydroxylation sites is 2. The van der Waals surface area contributed by atoms with Crippen molar-refractivity contribution in [3.63, 3.8) is 0 Å². The third kappa shape index (κ3) is 1.60. The Morgan fingerprint density at radius 2 is 1.89 bits per heavy atom. The van der Waals surface area contributed by atoms with Gasteiger partial charge in [-0.3, -0.25) is 0 Å². The second-order valence-electron chi connectivity index (χ2n) is 8.15. The van der Waals surface area contributed by atoms with Crippen LogP contribution >= 0.6 is 0 Å². The number of nitrogens with zero attached hydrogens (tertiary/aromatic N) is 4. The quantitative estimate of drug-likeness (QED) is 0.380. The molecular formula is C23H21N4+. The summed E-state index contributed by atoms with van der Waals surface area (Å²) in [4.78, 5) is 4.74. The summed E-state index contributed by atoms with van der Waals surface area (Å²) in [5, 5.41) is 2.60. The van der Waals surface area contributed by atoms with Crippen molar-refractivity contribution in [1.82, 2.24) is 14.0 Å². The van der Waals surface area contributed by atoms with Crippen LogP contribution in [0.5, 0.6) is 0 Å². The average Bonchev–Trinajstić information content (AvgIpc) is 3.23. The maximum absolute atomic E-state index is 4.74. The minimum absolute atomic E-state index is 0.219. The Kier molecular flexibility index (Phi) is 2.54. The zero-order valence-corrected chi connectivity index (χ0v) is 16.0. The highest BCUT2D eigenvalue weighted by Crippen LogP contribution is 2.47. The minimum atomic E-state index is -0.219. The molecule has 0 radical (unpaired) electrons. The number of aryl methyl sites for hydroxylation is 2. The molecule has 1 aliphatic heterocycles. The van der Waals surface area contributed by atoms with E-state index in [1.165, 1.54) is 44.3 Å². The van der Waals surface area contributed by atoms with Crippen molar-refractivity contribution in [3.8, 4) is 11.4 Å². The first kappa shape index (κ1) is 15.0. The highest BCUT2D eigenvalue weighted by Gasteiger charge is 2.44. The molecule has 6 rings (SSSR count). The average molecular weight is 353 g/mol. The highest BCUT2D eigenvalue weighted by atomic mass is 15.2. The third-order valence-electron chi connectivity index (χ3n) is 6.27. The summed E-state index contributed by atoms with van der Waals surface area (Å²) in [6, 6.07) is 13.2. The van der Waals surface area contributed by atoms with Crippen LogP contribution in [0.2, 0.25) is 0 Å². The highest BCUT2D eigenvalue weighted by molar-refractivity contribution is 6.04. The fraction of sp³-hybridized carbons (Fsp3) is 0.217. The lowest BCUT2D eigenvalue weighted by atomic mass is 9.83.